The summed E-state index contributed by atoms with van der Waals surface area (Å²) in [4.78, 5) is 0. The molecule has 1 rings (SSSR count). The zero-order valence-electron chi connectivity index (χ0n) is 8.56. The summed E-state index contributed by atoms with van der Waals surface area (Å²) in [5.74, 6) is 0. The van der Waals surface area contributed by atoms with Crippen molar-refractivity contribution < 1.29 is 8.42 Å². The third kappa shape index (κ3) is 3.25. The number of rotatable bonds is 3. The van der Waals surface area contributed by atoms with Gasteiger partial charge in [-0.2, -0.15) is 8.42 Å². The van der Waals surface area contributed by atoms with Crippen LogP contribution in [0.1, 0.15) is 0 Å². The Balaban J connectivity index is 0.00000169. The van der Waals surface area contributed by atoms with E-state index < -0.39 is 10.2 Å². The van der Waals surface area contributed by atoms with Crippen molar-refractivity contribution in [2.75, 3.05) is 18.4 Å². The van der Waals surface area contributed by atoms with Crippen molar-refractivity contribution in [1.29, 1.82) is 0 Å². The van der Waals surface area contributed by atoms with E-state index in [4.69, 9.17) is 0 Å². The zero-order chi connectivity index (χ0) is 9.90. The van der Waals surface area contributed by atoms with Gasteiger partial charge >= 0.3 is 10.2 Å². The third-order valence-corrected chi connectivity index (χ3v) is 3.19. The molecular weight excluding hydrogens is 211 g/mol. The number of nitrogens with one attached hydrogen (secondary N) is 1. The number of para-hydroxylation sites is 1. The first kappa shape index (κ1) is 13.9. The smallest absolute Gasteiger partial charge is 0.261 e. The van der Waals surface area contributed by atoms with Gasteiger partial charge in [0, 0.05) is 43.7 Å². The molecule has 0 aliphatic heterocycles. The fourth-order valence-electron chi connectivity index (χ4n) is 0.914. The van der Waals surface area contributed by atoms with Gasteiger partial charge in [0.05, 0.1) is 5.69 Å². The van der Waals surface area contributed by atoms with Gasteiger partial charge in [0.25, 0.3) is 0 Å². The number of hydrogen-bond donors (Lipinski definition) is 1. The van der Waals surface area contributed by atoms with Crippen molar-refractivity contribution in [3.63, 3.8) is 0 Å². The molecule has 1 aromatic carbocycles. The first-order valence-corrected chi connectivity index (χ1v) is 5.24. The van der Waals surface area contributed by atoms with Crippen molar-refractivity contribution in [3.8, 4) is 0 Å². The minimum absolute atomic E-state index is 0. The molecule has 4 nitrogen and oxygen atoms in total. The fourth-order valence-corrected chi connectivity index (χ4v) is 1.59. The van der Waals surface area contributed by atoms with E-state index in [2.05, 4.69) is 4.72 Å². The summed E-state index contributed by atoms with van der Waals surface area (Å²) in [6, 6.07) is 8.88. The standard InChI is InChI=1S/C8H12N2O2S.Na/c1-9-13(11,12)10(2)8-6-4-3-5-7-8;/h3-7,9H,1-2H3;. The van der Waals surface area contributed by atoms with E-state index >= 15 is 0 Å². The summed E-state index contributed by atoms with van der Waals surface area (Å²) in [5, 5.41) is 0. The molecule has 0 aromatic heterocycles. The fraction of sp³-hybridized carbons (Fsp3) is 0.250. The maximum atomic E-state index is 11.3. The first-order valence-electron chi connectivity index (χ1n) is 3.80. The largest absolute Gasteiger partial charge is 0.301 e. The maximum absolute atomic E-state index is 11.3. The van der Waals surface area contributed by atoms with Gasteiger partial charge in [0.15, 0.2) is 0 Å². The molecule has 1 N–H and O–H groups in total. The Morgan fingerprint density at radius 2 is 1.71 bits per heavy atom. The molecular formula is C8H12N2NaO2S. The second-order valence-electron chi connectivity index (χ2n) is 2.51. The second kappa shape index (κ2) is 5.72. The van der Waals surface area contributed by atoms with Gasteiger partial charge in [0.1, 0.15) is 0 Å². The Bertz CT molecular complexity index is 366. The molecule has 14 heavy (non-hydrogen) atoms. The molecule has 1 radical (unpaired) electrons. The van der Waals surface area contributed by atoms with Crippen LogP contribution in [0.25, 0.3) is 0 Å². The molecule has 0 bridgehead atoms. The minimum atomic E-state index is -3.37. The Kier molecular flexibility index (Phi) is 5.70. The van der Waals surface area contributed by atoms with Crippen LogP contribution >= 0.6 is 0 Å². The third-order valence-electron chi connectivity index (χ3n) is 1.74. The minimum Gasteiger partial charge on any atom is -0.261 e. The van der Waals surface area contributed by atoms with E-state index in [1.807, 2.05) is 6.07 Å². The topological polar surface area (TPSA) is 49.4 Å². The normalized spacial score (nSPS) is 10.4. The van der Waals surface area contributed by atoms with E-state index in [0.29, 0.717) is 5.69 Å². The van der Waals surface area contributed by atoms with Crippen LogP contribution in [0.4, 0.5) is 5.69 Å². The maximum Gasteiger partial charge on any atom is 0.301 e. The molecule has 0 aliphatic carbocycles. The van der Waals surface area contributed by atoms with Gasteiger partial charge < -0.3 is 0 Å². The Labute approximate surface area is 107 Å². The number of hydrogen-bond acceptors (Lipinski definition) is 2. The van der Waals surface area contributed by atoms with Crippen molar-refractivity contribution in [2.24, 2.45) is 0 Å². The van der Waals surface area contributed by atoms with Crippen molar-refractivity contribution in [1.82, 2.24) is 4.72 Å². The number of anilines is 1. The average Bonchev–Trinajstić information content (AvgIpc) is 2.18. The Morgan fingerprint density at radius 3 is 2.14 bits per heavy atom. The molecule has 1 aromatic rings. The summed E-state index contributed by atoms with van der Waals surface area (Å²) >= 11 is 0. The van der Waals surface area contributed by atoms with Gasteiger partial charge in [0.2, 0.25) is 0 Å². The molecule has 6 heteroatoms. The van der Waals surface area contributed by atoms with Gasteiger partial charge in [-0.1, -0.05) is 18.2 Å². The van der Waals surface area contributed by atoms with Gasteiger partial charge in [-0.25, -0.2) is 4.72 Å². The molecule has 0 amide bonds. The molecule has 0 unspecified atom stereocenters. The predicted octanol–water partition coefficient (Wildman–Crippen LogP) is 0.206. The van der Waals surface area contributed by atoms with Crippen LogP contribution in [0.2, 0.25) is 0 Å². The van der Waals surface area contributed by atoms with Crippen LogP contribution in [0, 0.1) is 0 Å². The van der Waals surface area contributed by atoms with E-state index in [9.17, 15) is 8.42 Å². The van der Waals surface area contributed by atoms with E-state index in [1.165, 1.54) is 18.4 Å². The van der Waals surface area contributed by atoms with Crippen LogP contribution in [-0.2, 0) is 10.2 Å². The summed E-state index contributed by atoms with van der Waals surface area (Å²) < 4.78 is 26.1. The predicted molar refractivity (Wildman–Crippen MR) is 58.6 cm³/mol. The quantitative estimate of drug-likeness (QED) is 0.744. The van der Waals surface area contributed by atoms with Gasteiger partial charge in [-0.05, 0) is 12.1 Å². The summed E-state index contributed by atoms with van der Waals surface area (Å²) in [7, 11) is -0.483. The van der Waals surface area contributed by atoms with Crippen LogP contribution in [0.15, 0.2) is 30.3 Å². The van der Waals surface area contributed by atoms with Crippen LogP contribution in [0.5, 0.6) is 0 Å². The Hall–Kier alpha value is -0.0700. The molecule has 0 spiro atoms. The molecule has 0 fully saturated rings. The Morgan fingerprint density at radius 1 is 1.21 bits per heavy atom. The average molecular weight is 223 g/mol. The van der Waals surface area contributed by atoms with E-state index in [-0.39, 0.29) is 29.6 Å². The summed E-state index contributed by atoms with van der Waals surface area (Å²) in [6.45, 7) is 0. The molecule has 0 atom stereocenters. The zero-order valence-corrected chi connectivity index (χ0v) is 11.4. The monoisotopic (exact) mass is 223 g/mol. The second-order valence-corrected chi connectivity index (χ2v) is 4.42. The van der Waals surface area contributed by atoms with E-state index in [0.717, 1.165) is 0 Å². The van der Waals surface area contributed by atoms with E-state index in [1.54, 1.807) is 24.3 Å². The van der Waals surface area contributed by atoms with Crippen LogP contribution in [0.3, 0.4) is 0 Å². The summed E-state index contributed by atoms with van der Waals surface area (Å²) in [6.07, 6.45) is 0. The summed E-state index contributed by atoms with van der Waals surface area (Å²) in [5.41, 5.74) is 0.636. The van der Waals surface area contributed by atoms with Crippen molar-refractivity contribution >= 4 is 45.5 Å². The van der Waals surface area contributed by atoms with Crippen LogP contribution < -0.4 is 9.03 Å². The number of benzene rings is 1. The first-order chi connectivity index (χ1) is 6.08. The van der Waals surface area contributed by atoms with Gasteiger partial charge in [-0.3, -0.25) is 4.31 Å². The molecule has 73 valence electrons. The van der Waals surface area contributed by atoms with Crippen LogP contribution in [-0.4, -0.2) is 52.1 Å². The van der Waals surface area contributed by atoms with Crippen molar-refractivity contribution in [3.05, 3.63) is 30.3 Å². The van der Waals surface area contributed by atoms with Gasteiger partial charge in [-0.15, -0.1) is 0 Å². The molecule has 0 saturated heterocycles. The SMILES string of the molecule is CNS(=O)(=O)N(C)c1ccccc1.[Na]. The molecule has 0 aliphatic rings. The number of nitrogens with zero attached hydrogens (tertiary/aromatic N) is 1. The molecule has 0 saturated carbocycles. The molecule has 0 heterocycles. The van der Waals surface area contributed by atoms with Crippen molar-refractivity contribution in [2.45, 2.75) is 0 Å².